The minimum atomic E-state index is -3.64. The first-order chi connectivity index (χ1) is 8.67. The van der Waals surface area contributed by atoms with Gasteiger partial charge in [0.05, 0.1) is 18.2 Å². The lowest BCUT2D eigenvalue weighted by Crippen LogP contribution is -2.49. The normalized spacial score (nSPS) is 14.1. The first kappa shape index (κ1) is 15.6. The third kappa shape index (κ3) is 4.03. The average molecular weight is 289 g/mol. The maximum absolute atomic E-state index is 12.1. The van der Waals surface area contributed by atoms with E-state index in [1.54, 1.807) is 20.8 Å². The zero-order chi connectivity index (χ0) is 14.7. The summed E-state index contributed by atoms with van der Waals surface area (Å²) in [5, 5.41) is 0. The Balaban J connectivity index is 2.91. The van der Waals surface area contributed by atoms with Gasteiger partial charge >= 0.3 is 5.97 Å². The molecule has 0 unspecified atom stereocenters. The molecule has 0 aromatic carbocycles. The molecule has 1 aromatic rings. The second kappa shape index (κ2) is 5.70. The van der Waals surface area contributed by atoms with Crippen molar-refractivity contribution in [1.82, 2.24) is 14.7 Å². The predicted octanol–water partition coefficient (Wildman–Crippen LogP) is 0.212. The Hall–Kier alpha value is -1.41. The summed E-state index contributed by atoms with van der Waals surface area (Å²) in [4.78, 5) is 18.3. The molecule has 0 amide bonds. The highest BCUT2D eigenvalue weighted by molar-refractivity contribution is 7.90. The van der Waals surface area contributed by atoms with Crippen LogP contribution in [0.15, 0.2) is 12.5 Å². The van der Waals surface area contributed by atoms with E-state index in [9.17, 15) is 13.2 Å². The number of imidazole rings is 1. The fraction of sp³-hybridized carbons (Fsp3) is 0.636. The highest BCUT2D eigenvalue weighted by Gasteiger charge is 2.34. The fourth-order valence-electron chi connectivity index (χ4n) is 1.30. The van der Waals surface area contributed by atoms with E-state index in [1.165, 1.54) is 19.6 Å². The van der Waals surface area contributed by atoms with E-state index >= 15 is 0 Å². The van der Waals surface area contributed by atoms with Gasteiger partial charge in [0, 0.05) is 18.3 Å². The highest BCUT2D eigenvalue weighted by Crippen LogP contribution is 2.15. The monoisotopic (exact) mass is 289 g/mol. The lowest BCUT2D eigenvalue weighted by atomic mass is 10.2. The van der Waals surface area contributed by atoms with Crippen molar-refractivity contribution < 1.29 is 17.9 Å². The molecule has 1 atom stereocenters. The van der Waals surface area contributed by atoms with Crippen LogP contribution < -0.4 is 4.72 Å². The van der Waals surface area contributed by atoms with Crippen LogP contribution in [0.4, 0.5) is 0 Å². The summed E-state index contributed by atoms with van der Waals surface area (Å²) >= 11 is 0. The van der Waals surface area contributed by atoms with Crippen molar-refractivity contribution >= 4 is 16.0 Å². The number of hydrogen-bond acceptors (Lipinski definition) is 5. The van der Waals surface area contributed by atoms with Crippen molar-refractivity contribution in [2.24, 2.45) is 0 Å². The Morgan fingerprint density at radius 1 is 1.53 bits per heavy atom. The Morgan fingerprint density at radius 3 is 2.58 bits per heavy atom. The van der Waals surface area contributed by atoms with Gasteiger partial charge in [-0.3, -0.25) is 4.79 Å². The number of sulfonamides is 1. The van der Waals surface area contributed by atoms with Gasteiger partial charge in [-0.15, -0.1) is 0 Å². The summed E-state index contributed by atoms with van der Waals surface area (Å²) in [5.74, 6) is -0.637. The van der Waals surface area contributed by atoms with Crippen LogP contribution in [0.5, 0.6) is 0 Å². The lowest BCUT2D eigenvalue weighted by Gasteiger charge is -2.23. The standard InChI is InChI=1S/C11H19N3O4S/c1-11(2,3)19(16,17)14-9(10(15)18-4)5-8-6-12-7-13-8/h6-7,9,14H,5H2,1-4H3,(H,12,13)/t9-/m0/s1. The molecule has 0 radical (unpaired) electrons. The van der Waals surface area contributed by atoms with E-state index in [4.69, 9.17) is 0 Å². The summed E-state index contributed by atoms with van der Waals surface area (Å²) in [6.07, 6.45) is 3.14. The van der Waals surface area contributed by atoms with Gasteiger partial charge in [-0.25, -0.2) is 18.1 Å². The molecular formula is C11H19N3O4S. The van der Waals surface area contributed by atoms with E-state index in [2.05, 4.69) is 19.4 Å². The molecule has 19 heavy (non-hydrogen) atoms. The summed E-state index contributed by atoms with van der Waals surface area (Å²) < 4.78 is 30.1. The number of nitrogens with zero attached hydrogens (tertiary/aromatic N) is 1. The van der Waals surface area contributed by atoms with Crippen LogP contribution >= 0.6 is 0 Å². The number of carbonyl (C=O) groups is 1. The maximum Gasteiger partial charge on any atom is 0.324 e. The van der Waals surface area contributed by atoms with Crippen molar-refractivity contribution in [3.05, 3.63) is 18.2 Å². The number of H-pyrrole nitrogens is 1. The van der Waals surface area contributed by atoms with Crippen LogP contribution in [0.2, 0.25) is 0 Å². The van der Waals surface area contributed by atoms with Crippen molar-refractivity contribution in [3.8, 4) is 0 Å². The maximum atomic E-state index is 12.1. The van der Waals surface area contributed by atoms with E-state index in [-0.39, 0.29) is 6.42 Å². The largest absolute Gasteiger partial charge is 0.468 e. The molecule has 1 rings (SSSR count). The number of esters is 1. The molecule has 0 aliphatic carbocycles. The molecule has 0 spiro atoms. The van der Waals surface area contributed by atoms with Gasteiger partial charge in [0.2, 0.25) is 10.0 Å². The Kier molecular flexibility index (Phi) is 4.70. The molecule has 2 N–H and O–H groups in total. The Labute approximate surface area is 112 Å². The first-order valence-electron chi connectivity index (χ1n) is 5.74. The van der Waals surface area contributed by atoms with E-state index in [1.807, 2.05) is 0 Å². The van der Waals surface area contributed by atoms with Gasteiger partial charge in [0.15, 0.2) is 0 Å². The number of nitrogens with one attached hydrogen (secondary N) is 2. The quantitative estimate of drug-likeness (QED) is 0.755. The lowest BCUT2D eigenvalue weighted by molar-refractivity contribution is -0.142. The van der Waals surface area contributed by atoms with Crippen LogP contribution in [-0.4, -0.2) is 42.3 Å². The second-order valence-electron chi connectivity index (χ2n) is 5.09. The molecular weight excluding hydrogens is 270 g/mol. The topological polar surface area (TPSA) is 101 Å². The SMILES string of the molecule is COC(=O)[C@H](Cc1cnc[nH]1)NS(=O)(=O)C(C)(C)C. The van der Waals surface area contributed by atoms with Gasteiger partial charge in [-0.05, 0) is 20.8 Å². The van der Waals surface area contributed by atoms with Crippen LogP contribution in [0.3, 0.4) is 0 Å². The van der Waals surface area contributed by atoms with Crippen molar-refractivity contribution in [2.75, 3.05) is 7.11 Å². The highest BCUT2D eigenvalue weighted by atomic mass is 32.2. The number of ether oxygens (including phenoxy) is 1. The average Bonchev–Trinajstić information content (AvgIpc) is 2.78. The van der Waals surface area contributed by atoms with Crippen LogP contribution in [-0.2, 0) is 26.0 Å². The summed E-state index contributed by atoms with van der Waals surface area (Å²) in [6, 6.07) is -0.977. The molecule has 0 saturated carbocycles. The molecule has 1 aromatic heterocycles. The second-order valence-corrected chi connectivity index (χ2v) is 7.56. The number of hydrogen-bond donors (Lipinski definition) is 2. The first-order valence-corrected chi connectivity index (χ1v) is 7.22. The zero-order valence-electron chi connectivity index (χ0n) is 11.4. The number of aromatic amines is 1. The number of rotatable bonds is 5. The molecule has 8 heteroatoms. The molecule has 0 saturated heterocycles. The van der Waals surface area contributed by atoms with Gasteiger partial charge in [0.25, 0.3) is 0 Å². The minimum absolute atomic E-state index is 0.155. The predicted molar refractivity (Wildman–Crippen MR) is 69.9 cm³/mol. The van der Waals surface area contributed by atoms with E-state index < -0.39 is 26.8 Å². The van der Waals surface area contributed by atoms with Crippen molar-refractivity contribution in [2.45, 2.75) is 38.0 Å². The molecule has 0 aliphatic rings. The van der Waals surface area contributed by atoms with Gasteiger partial charge in [-0.2, -0.15) is 0 Å². The third-order valence-corrected chi connectivity index (χ3v) is 4.78. The molecule has 0 fully saturated rings. The zero-order valence-corrected chi connectivity index (χ0v) is 12.2. The third-order valence-electron chi connectivity index (χ3n) is 2.57. The van der Waals surface area contributed by atoms with E-state index in [0.717, 1.165) is 0 Å². The summed E-state index contributed by atoms with van der Waals surface area (Å²) in [6.45, 7) is 4.67. The molecule has 1 heterocycles. The summed E-state index contributed by atoms with van der Waals surface area (Å²) in [5.41, 5.74) is 0.645. The Bertz CT molecular complexity index is 517. The van der Waals surface area contributed by atoms with Crippen molar-refractivity contribution in [1.29, 1.82) is 0 Å². The summed E-state index contributed by atoms with van der Waals surface area (Å²) in [7, 11) is -2.42. The smallest absolute Gasteiger partial charge is 0.324 e. The van der Waals surface area contributed by atoms with E-state index in [0.29, 0.717) is 5.69 Å². The minimum Gasteiger partial charge on any atom is -0.468 e. The molecule has 108 valence electrons. The molecule has 7 nitrogen and oxygen atoms in total. The van der Waals surface area contributed by atoms with Crippen LogP contribution in [0.1, 0.15) is 26.5 Å². The van der Waals surface area contributed by atoms with Gasteiger partial charge < -0.3 is 9.72 Å². The van der Waals surface area contributed by atoms with Crippen molar-refractivity contribution in [3.63, 3.8) is 0 Å². The van der Waals surface area contributed by atoms with Gasteiger partial charge in [0.1, 0.15) is 6.04 Å². The Morgan fingerprint density at radius 2 is 2.16 bits per heavy atom. The number of carbonyl (C=O) groups excluding carboxylic acids is 1. The van der Waals surface area contributed by atoms with Crippen LogP contribution in [0.25, 0.3) is 0 Å². The molecule has 0 aliphatic heterocycles. The fourth-order valence-corrected chi connectivity index (χ4v) is 2.20. The van der Waals surface area contributed by atoms with Gasteiger partial charge in [-0.1, -0.05) is 0 Å². The van der Waals surface area contributed by atoms with Crippen LogP contribution in [0, 0.1) is 0 Å². The number of methoxy groups -OCH3 is 1. The molecule has 0 bridgehead atoms. The number of aromatic nitrogens is 2.